The van der Waals surface area contributed by atoms with Crippen molar-refractivity contribution in [2.45, 2.75) is 26.4 Å². The van der Waals surface area contributed by atoms with Gasteiger partial charge in [-0.1, -0.05) is 5.16 Å². The van der Waals surface area contributed by atoms with E-state index in [1.165, 1.54) is 42.2 Å². The monoisotopic (exact) mass is 503 g/mol. The molecule has 4 aromatic heterocycles. The number of aromatic carboxylic acids is 1. The Morgan fingerprint density at radius 3 is 2.68 bits per heavy atom. The van der Waals surface area contributed by atoms with Gasteiger partial charge in [-0.3, -0.25) is 14.3 Å². The molecule has 2 N–H and O–H groups in total. The minimum atomic E-state index is -1.42. The Morgan fingerprint density at radius 2 is 2.00 bits per heavy atom. The molecule has 37 heavy (non-hydrogen) atoms. The van der Waals surface area contributed by atoms with E-state index in [4.69, 9.17) is 9.26 Å². The average molecular weight is 503 g/mol. The number of carbonyl (C=O) groups excluding carboxylic acids is 1. The molecule has 0 saturated heterocycles. The highest BCUT2D eigenvalue weighted by atomic mass is 16.6. The van der Waals surface area contributed by atoms with Crippen LogP contribution in [0.2, 0.25) is 0 Å². The first-order valence-electron chi connectivity index (χ1n) is 10.8. The summed E-state index contributed by atoms with van der Waals surface area (Å²) in [6.07, 6.45) is 2.18. The smallest absolute Gasteiger partial charge is 0.414 e. The third-order valence-corrected chi connectivity index (χ3v) is 4.98. The summed E-state index contributed by atoms with van der Waals surface area (Å²) in [6.45, 7) is 5.10. The van der Waals surface area contributed by atoms with Crippen LogP contribution in [0.25, 0.3) is 16.9 Å². The minimum Gasteiger partial charge on any atom is -0.475 e. The Hall–Kier alpha value is -5.25. The van der Waals surface area contributed by atoms with E-state index < -0.39 is 29.0 Å². The molecule has 0 atom stereocenters. The lowest BCUT2D eigenvalue weighted by Gasteiger charge is -2.25. The van der Waals surface area contributed by atoms with Gasteiger partial charge in [0, 0.05) is 25.5 Å². The molecule has 4 aromatic rings. The number of hydrogen-bond donors (Lipinski definition) is 2. The van der Waals surface area contributed by atoms with Crippen LogP contribution in [0.15, 0.2) is 52.0 Å². The van der Waals surface area contributed by atoms with Gasteiger partial charge in [0.25, 0.3) is 11.3 Å². The number of carboxylic acid groups (broad SMARTS) is 1. The number of ether oxygens (including phenoxy) is 1. The van der Waals surface area contributed by atoms with Crippen LogP contribution in [-0.2, 0) is 4.74 Å². The summed E-state index contributed by atoms with van der Waals surface area (Å²) < 4.78 is 11.6. The Bertz CT molecular complexity index is 1630. The fourth-order valence-corrected chi connectivity index (χ4v) is 3.37. The van der Waals surface area contributed by atoms with E-state index in [0.717, 1.165) is 4.90 Å². The summed E-state index contributed by atoms with van der Waals surface area (Å²) >= 11 is 0. The molecule has 0 unspecified atom stereocenters. The number of nitrogens with one attached hydrogen (secondary N) is 1. The molecule has 0 aliphatic heterocycles. The first-order chi connectivity index (χ1) is 17.5. The van der Waals surface area contributed by atoms with Gasteiger partial charge in [-0.05, 0) is 45.0 Å². The molecule has 4 heterocycles. The van der Waals surface area contributed by atoms with Gasteiger partial charge in [-0.25, -0.2) is 19.6 Å². The Kier molecular flexibility index (Phi) is 6.33. The SMILES string of the molecule is CN(C(=O)OC(C)(C)C)c1cc(Nc2cccn(-c3ncccc3C#N)c2=O)nc2c(C(=O)O)onc12. The van der Waals surface area contributed by atoms with Gasteiger partial charge in [-0.2, -0.15) is 5.26 Å². The number of aromatic nitrogens is 4. The zero-order chi connectivity index (χ0) is 26.9. The topological polar surface area (TPSA) is 176 Å². The molecule has 0 spiro atoms. The highest BCUT2D eigenvalue weighted by Crippen LogP contribution is 2.31. The van der Waals surface area contributed by atoms with Crippen LogP contribution in [0.5, 0.6) is 0 Å². The van der Waals surface area contributed by atoms with Crippen molar-refractivity contribution in [2.24, 2.45) is 0 Å². The Balaban J connectivity index is 1.82. The minimum absolute atomic E-state index is 0.00827. The molecule has 0 aliphatic carbocycles. The van der Waals surface area contributed by atoms with Crippen LogP contribution < -0.4 is 15.8 Å². The van der Waals surface area contributed by atoms with E-state index in [1.807, 2.05) is 6.07 Å². The molecular formula is C24H21N7O6. The Morgan fingerprint density at radius 1 is 1.24 bits per heavy atom. The van der Waals surface area contributed by atoms with Crippen molar-refractivity contribution in [2.75, 3.05) is 17.3 Å². The molecule has 1 amide bonds. The molecule has 0 saturated carbocycles. The Labute approximate surface area is 209 Å². The van der Waals surface area contributed by atoms with Crippen LogP contribution in [0, 0.1) is 11.3 Å². The molecule has 13 nitrogen and oxygen atoms in total. The van der Waals surface area contributed by atoms with Crippen molar-refractivity contribution in [1.82, 2.24) is 19.7 Å². The number of nitrogens with zero attached hydrogens (tertiary/aromatic N) is 6. The number of amides is 1. The van der Waals surface area contributed by atoms with E-state index in [9.17, 15) is 24.8 Å². The highest BCUT2D eigenvalue weighted by molar-refractivity contribution is 6.05. The zero-order valence-electron chi connectivity index (χ0n) is 20.2. The van der Waals surface area contributed by atoms with Crippen molar-refractivity contribution < 1.29 is 24.0 Å². The summed E-state index contributed by atoms with van der Waals surface area (Å²) in [5.41, 5.74) is -1.11. The number of rotatable bonds is 5. The number of anilines is 3. The molecule has 188 valence electrons. The summed E-state index contributed by atoms with van der Waals surface area (Å²) in [7, 11) is 1.42. The maximum atomic E-state index is 13.2. The van der Waals surface area contributed by atoms with Crippen LogP contribution in [-0.4, -0.2) is 49.5 Å². The van der Waals surface area contributed by atoms with Crippen molar-refractivity contribution in [3.8, 4) is 11.9 Å². The summed E-state index contributed by atoms with van der Waals surface area (Å²) in [4.78, 5) is 47.2. The second kappa shape index (κ2) is 9.42. The van der Waals surface area contributed by atoms with Crippen LogP contribution in [0.1, 0.15) is 36.9 Å². The molecule has 0 aliphatic rings. The number of carboxylic acids is 1. The number of pyridine rings is 3. The third-order valence-electron chi connectivity index (χ3n) is 4.98. The third kappa shape index (κ3) is 4.94. The van der Waals surface area contributed by atoms with E-state index in [2.05, 4.69) is 20.4 Å². The van der Waals surface area contributed by atoms with Gasteiger partial charge < -0.3 is 19.7 Å². The van der Waals surface area contributed by atoms with E-state index in [0.29, 0.717) is 0 Å². The molecule has 0 fully saturated rings. The fourth-order valence-electron chi connectivity index (χ4n) is 3.37. The van der Waals surface area contributed by atoms with Gasteiger partial charge in [0.2, 0.25) is 0 Å². The molecule has 0 aromatic carbocycles. The van der Waals surface area contributed by atoms with Crippen LogP contribution in [0.4, 0.5) is 22.0 Å². The molecular weight excluding hydrogens is 482 g/mol. The second-order valence-electron chi connectivity index (χ2n) is 8.79. The molecule has 13 heteroatoms. The van der Waals surface area contributed by atoms with Crippen molar-refractivity contribution >= 4 is 40.3 Å². The van der Waals surface area contributed by atoms with Crippen molar-refractivity contribution in [3.05, 3.63) is 64.4 Å². The highest BCUT2D eigenvalue weighted by Gasteiger charge is 2.27. The van der Waals surface area contributed by atoms with Crippen LogP contribution in [0.3, 0.4) is 0 Å². The lowest BCUT2D eigenvalue weighted by Crippen LogP contribution is -2.34. The maximum absolute atomic E-state index is 13.2. The fraction of sp³-hybridized carbons (Fsp3) is 0.208. The van der Waals surface area contributed by atoms with Gasteiger partial charge in [-0.15, -0.1) is 0 Å². The van der Waals surface area contributed by atoms with Crippen LogP contribution >= 0.6 is 0 Å². The summed E-state index contributed by atoms with van der Waals surface area (Å²) in [5, 5.41) is 25.5. The maximum Gasteiger partial charge on any atom is 0.414 e. The first kappa shape index (κ1) is 24.9. The van der Waals surface area contributed by atoms with Gasteiger partial charge in [0.15, 0.2) is 11.3 Å². The number of nitriles is 1. The normalized spacial score (nSPS) is 11.1. The first-order valence-corrected chi connectivity index (χ1v) is 10.8. The average Bonchev–Trinajstić information content (AvgIpc) is 3.27. The molecule has 0 bridgehead atoms. The second-order valence-corrected chi connectivity index (χ2v) is 8.79. The zero-order valence-corrected chi connectivity index (χ0v) is 20.2. The van der Waals surface area contributed by atoms with Gasteiger partial charge >= 0.3 is 12.1 Å². The summed E-state index contributed by atoms with van der Waals surface area (Å²) in [6, 6.07) is 9.54. The number of fused-ring (bicyclic) bond motifs is 1. The molecule has 4 rings (SSSR count). The lowest BCUT2D eigenvalue weighted by molar-refractivity contribution is 0.0588. The van der Waals surface area contributed by atoms with Gasteiger partial charge in [0.1, 0.15) is 28.7 Å². The number of hydrogen-bond acceptors (Lipinski definition) is 10. The standard InChI is InChI=1S/C24H21N7O6/c1-24(2,3)36-23(35)30(4)15-11-16(28-18-17(15)29-37-19(18)22(33)34)27-14-8-6-10-31(21(14)32)20-13(12-25)7-5-9-26-20/h5-11H,1-4H3,(H,27,28)(H,33,34). The predicted octanol–water partition coefficient (Wildman–Crippen LogP) is 3.45. The number of carbonyl (C=O) groups is 2. The van der Waals surface area contributed by atoms with Gasteiger partial charge in [0.05, 0.1) is 11.3 Å². The van der Waals surface area contributed by atoms with E-state index in [-0.39, 0.29) is 39.6 Å². The molecule has 0 radical (unpaired) electrons. The largest absolute Gasteiger partial charge is 0.475 e. The summed E-state index contributed by atoms with van der Waals surface area (Å²) in [5.74, 6) is -1.80. The van der Waals surface area contributed by atoms with Crippen molar-refractivity contribution in [3.63, 3.8) is 0 Å². The predicted molar refractivity (Wildman–Crippen MR) is 131 cm³/mol. The quantitative estimate of drug-likeness (QED) is 0.408. The lowest BCUT2D eigenvalue weighted by atomic mass is 10.2. The van der Waals surface area contributed by atoms with Crippen molar-refractivity contribution in [1.29, 1.82) is 5.26 Å². The van der Waals surface area contributed by atoms with E-state index >= 15 is 0 Å². The van der Waals surface area contributed by atoms with E-state index in [1.54, 1.807) is 32.9 Å².